The molecule has 1 unspecified atom stereocenters. The number of ether oxygens (including phenoxy) is 1. The average Bonchev–Trinajstić information content (AvgIpc) is 2.89. The second-order valence-electron chi connectivity index (χ2n) is 5.05. The lowest BCUT2D eigenvalue weighted by atomic mass is 10.0. The van der Waals surface area contributed by atoms with Gasteiger partial charge in [-0.15, -0.1) is 0 Å². The van der Waals surface area contributed by atoms with Crippen LogP contribution in [0.15, 0.2) is 36.7 Å². The summed E-state index contributed by atoms with van der Waals surface area (Å²) in [7, 11) is 3.51. The van der Waals surface area contributed by atoms with Crippen molar-refractivity contribution < 1.29 is 9.53 Å². The number of nitrogens with zero attached hydrogens (tertiary/aromatic N) is 2. The Kier molecular flexibility index (Phi) is 5.11. The lowest BCUT2D eigenvalue weighted by molar-refractivity contribution is -0.122. The molecule has 5 heteroatoms. The number of carbonyl (C=O) groups excluding carboxylic acids is 1. The van der Waals surface area contributed by atoms with E-state index < -0.39 is 0 Å². The van der Waals surface area contributed by atoms with Gasteiger partial charge in [0.2, 0.25) is 5.91 Å². The fourth-order valence-electron chi connectivity index (χ4n) is 2.14. The first-order valence-corrected chi connectivity index (χ1v) is 6.94. The summed E-state index contributed by atoms with van der Waals surface area (Å²) in [6.07, 6.45) is 3.94. The molecule has 1 N–H and O–H groups in total. The molecule has 0 aliphatic rings. The van der Waals surface area contributed by atoms with Gasteiger partial charge in [0.1, 0.15) is 11.9 Å². The molecule has 2 rings (SSSR count). The van der Waals surface area contributed by atoms with Crippen LogP contribution in [0.2, 0.25) is 0 Å². The van der Waals surface area contributed by atoms with Gasteiger partial charge < -0.3 is 14.6 Å². The number of imidazole rings is 1. The van der Waals surface area contributed by atoms with E-state index in [2.05, 4.69) is 10.3 Å². The lowest BCUT2D eigenvalue weighted by Gasteiger charge is -2.19. The second-order valence-corrected chi connectivity index (χ2v) is 5.05. The maximum Gasteiger partial charge on any atom is 0.223 e. The Morgan fingerprint density at radius 3 is 2.67 bits per heavy atom. The number of rotatable bonds is 6. The molecule has 0 saturated heterocycles. The number of hydrogen-bond donors (Lipinski definition) is 1. The zero-order chi connectivity index (χ0) is 15.2. The zero-order valence-corrected chi connectivity index (χ0v) is 12.7. The summed E-state index contributed by atoms with van der Waals surface area (Å²) in [5.74, 6) is 0.759. The van der Waals surface area contributed by atoms with E-state index in [4.69, 9.17) is 4.74 Å². The van der Waals surface area contributed by atoms with Crippen molar-refractivity contribution in [2.75, 3.05) is 13.7 Å². The number of methoxy groups -OCH3 is 1. The van der Waals surface area contributed by atoms with Crippen molar-refractivity contribution in [1.82, 2.24) is 14.9 Å². The number of amides is 1. The predicted molar refractivity (Wildman–Crippen MR) is 80.9 cm³/mol. The summed E-state index contributed by atoms with van der Waals surface area (Å²) in [5, 5.41) is 3.03. The molecule has 1 atom stereocenters. The van der Waals surface area contributed by atoms with Gasteiger partial charge in [-0.25, -0.2) is 4.98 Å². The number of aryl methyl sites for hydroxylation is 2. The summed E-state index contributed by atoms with van der Waals surface area (Å²) in [6, 6.07) is 7.85. The fraction of sp³-hybridized carbons (Fsp3) is 0.375. The Bertz CT molecular complexity index is 590. The first-order chi connectivity index (χ1) is 10.1. The van der Waals surface area contributed by atoms with Crippen molar-refractivity contribution in [1.29, 1.82) is 0 Å². The number of aromatic nitrogens is 2. The summed E-state index contributed by atoms with van der Waals surface area (Å²) < 4.78 is 6.87. The molecular formula is C16H21N3O2. The highest BCUT2D eigenvalue weighted by molar-refractivity contribution is 5.76. The summed E-state index contributed by atoms with van der Waals surface area (Å²) in [5.41, 5.74) is 2.20. The minimum atomic E-state index is -0.255. The Morgan fingerprint density at radius 1 is 1.38 bits per heavy atom. The first-order valence-electron chi connectivity index (χ1n) is 6.94. The monoisotopic (exact) mass is 287 g/mol. The second kappa shape index (κ2) is 7.04. The molecule has 0 spiro atoms. The van der Waals surface area contributed by atoms with Gasteiger partial charge in [0.25, 0.3) is 0 Å². The third-order valence-corrected chi connectivity index (χ3v) is 3.37. The van der Waals surface area contributed by atoms with Crippen LogP contribution in [0.25, 0.3) is 0 Å². The summed E-state index contributed by atoms with van der Waals surface area (Å²) >= 11 is 0. The highest BCUT2D eigenvalue weighted by Gasteiger charge is 2.20. The molecule has 0 aliphatic carbocycles. The molecule has 112 valence electrons. The van der Waals surface area contributed by atoms with E-state index in [9.17, 15) is 4.79 Å². The van der Waals surface area contributed by atoms with Crippen molar-refractivity contribution in [2.45, 2.75) is 19.4 Å². The van der Waals surface area contributed by atoms with Crippen molar-refractivity contribution in [3.8, 4) is 0 Å². The van der Waals surface area contributed by atoms with Crippen molar-refractivity contribution in [3.05, 3.63) is 53.6 Å². The Labute approximate surface area is 125 Å². The topological polar surface area (TPSA) is 56.1 Å². The average molecular weight is 287 g/mol. The normalized spacial score (nSPS) is 12.1. The molecule has 0 saturated carbocycles. The van der Waals surface area contributed by atoms with Crippen LogP contribution in [0, 0.1) is 6.92 Å². The van der Waals surface area contributed by atoms with Crippen LogP contribution in [0.4, 0.5) is 0 Å². The van der Waals surface area contributed by atoms with Crippen LogP contribution in [0.5, 0.6) is 0 Å². The van der Waals surface area contributed by atoms with Crippen LogP contribution >= 0.6 is 0 Å². The fourth-order valence-corrected chi connectivity index (χ4v) is 2.14. The Hall–Kier alpha value is -2.14. The van der Waals surface area contributed by atoms with Gasteiger partial charge in [-0.3, -0.25) is 4.79 Å². The van der Waals surface area contributed by atoms with E-state index >= 15 is 0 Å². The number of nitrogens with one attached hydrogen (secondary N) is 1. The highest BCUT2D eigenvalue weighted by Crippen LogP contribution is 2.21. The number of carbonyl (C=O) groups is 1. The van der Waals surface area contributed by atoms with Crippen molar-refractivity contribution >= 4 is 5.91 Å². The molecule has 0 aliphatic heterocycles. The molecule has 2 aromatic rings. The molecule has 1 heterocycles. The van der Waals surface area contributed by atoms with Gasteiger partial charge in [0.05, 0.1) is 6.61 Å². The SMILES string of the molecule is COCCC(=O)NC(c1ccc(C)cc1)c1nccn1C. The molecule has 1 aromatic heterocycles. The van der Waals surface area contributed by atoms with Gasteiger partial charge in [-0.05, 0) is 12.5 Å². The maximum absolute atomic E-state index is 12.0. The van der Waals surface area contributed by atoms with Crippen LogP contribution in [-0.4, -0.2) is 29.2 Å². The quantitative estimate of drug-likeness (QED) is 0.883. The van der Waals surface area contributed by atoms with E-state index in [0.29, 0.717) is 13.0 Å². The molecule has 1 amide bonds. The van der Waals surface area contributed by atoms with E-state index in [1.165, 1.54) is 5.56 Å². The van der Waals surface area contributed by atoms with E-state index in [0.717, 1.165) is 11.4 Å². The minimum absolute atomic E-state index is 0.0505. The number of benzene rings is 1. The van der Waals surface area contributed by atoms with Gasteiger partial charge in [0, 0.05) is 33.0 Å². The minimum Gasteiger partial charge on any atom is -0.384 e. The Morgan fingerprint density at radius 2 is 2.10 bits per heavy atom. The van der Waals surface area contributed by atoms with E-state index in [1.54, 1.807) is 13.3 Å². The van der Waals surface area contributed by atoms with Crippen LogP contribution in [0.1, 0.15) is 29.4 Å². The first kappa shape index (κ1) is 15.3. The largest absolute Gasteiger partial charge is 0.384 e. The standard InChI is InChI=1S/C16H21N3O2/c1-12-4-6-13(7-5-12)15(16-17-9-10-19(16)2)18-14(20)8-11-21-3/h4-7,9-10,15H,8,11H2,1-3H3,(H,18,20). The third-order valence-electron chi connectivity index (χ3n) is 3.37. The molecule has 1 aromatic carbocycles. The maximum atomic E-state index is 12.0. The van der Waals surface area contributed by atoms with Crippen LogP contribution in [-0.2, 0) is 16.6 Å². The Balaban J connectivity index is 2.25. The van der Waals surface area contributed by atoms with Crippen molar-refractivity contribution in [3.63, 3.8) is 0 Å². The zero-order valence-electron chi connectivity index (χ0n) is 12.7. The summed E-state index contributed by atoms with van der Waals surface area (Å²) in [6.45, 7) is 2.45. The molecule has 0 radical (unpaired) electrons. The van der Waals surface area contributed by atoms with Gasteiger partial charge in [0.15, 0.2) is 0 Å². The van der Waals surface area contributed by atoms with Gasteiger partial charge >= 0.3 is 0 Å². The van der Waals surface area contributed by atoms with Gasteiger partial charge in [-0.2, -0.15) is 0 Å². The predicted octanol–water partition coefficient (Wildman–Crippen LogP) is 1.97. The highest BCUT2D eigenvalue weighted by atomic mass is 16.5. The smallest absolute Gasteiger partial charge is 0.223 e. The number of hydrogen-bond acceptors (Lipinski definition) is 3. The molecule has 5 nitrogen and oxygen atoms in total. The van der Waals surface area contributed by atoms with Crippen LogP contribution < -0.4 is 5.32 Å². The lowest BCUT2D eigenvalue weighted by Crippen LogP contribution is -2.31. The summed E-state index contributed by atoms with van der Waals surface area (Å²) in [4.78, 5) is 16.4. The molecule has 21 heavy (non-hydrogen) atoms. The van der Waals surface area contributed by atoms with Crippen LogP contribution in [0.3, 0.4) is 0 Å². The molecular weight excluding hydrogens is 266 g/mol. The van der Waals surface area contributed by atoms with E-state index in [-0.39, 0.29) is 11.9 Å². The molecule has 0 bridgehead atoms. The van der Waals surface area contributed by atoms with Crippen molar-refractivity contribution in [2.24, 2.45) is 7.05 Å². The molecule has 0 fully saturated rings. The third kappa shape index (κ3) is 3.92. The van der Waals surface area contributed by atoms with E-state index in [1.807, 2.05) is 49.0 Å². The van der Waals surface area contributed by atoms with Gasteiger partial charge in [-0.1, -0.05) is 29.8 Å².